The molecule has 0 aliphatic carbocycles. The standard InChI is InChI=1S/C7H9N5O2S/c1-13-2-4(8)6-9-7(14-11-6)5-3-15-12-10-5/h3-4H,2,8H2,1H3. The van der Waals surface area contributed by atoms with Gasteiger partial charge >= 0.3 is 0 Å². The lowest BCUT2D eigenvalue weighted by Crippen LogP contribution is -2.17. The molecule has 0 bridgehead atoms. The van der Waals surface area contributed by atoms with Crippen LogP contribution < -0.4 is 5.73 Å². The van der Waals surface area contributed by atoms with Crippen molar-refractivity contribution in [1.29, 1.82) is 0 Å². The molecule has 0 aromatic carbocycles. The van der Waals surface area contributed by atoms with Gasteiger partial charge in [0, 0.05) is 12.5 Å². The molecule has 0 radical (unpaired) electrons. The number of ether oxygens (including phenoxy) is 1. The minimum atomic E-state index is -0.390. The van der Waals surface area contributed by atoms with Crippen molar-refractivity contribution in [3.8, 4) is 11.6 Å². The van der Waals surface area contributed by atoms with Crippen LogP contribution in [-0.4, -0.2) is 33.4 Å². The largest absolute Gasteiger partial charge is 0.383 e. The molecule has 2 rings (SSSR count). The van der Waals surface area contributed by atoms with Gasteiger partial charge in [0.15, 0.2) is 11.5 Å². The molecule has 15 heavy (non-hydrogen) atoms. The Morgan fingerprint density at radius 2 is 2.53 bits per heavy atom. The molecular formula is C7H9N5O2S. The summed E-state index contributed by atoms with van der Waals surface area (Å²) in [4.78, 5) is 4.09. The summed E-state index contributed by atoms with van der Waals surface area (Å²) in [6.45, 7) is 0.342. The van der Waals surface area contributed by atoms with E-state index in [-0.39, 0.29) is 6.04 Å². The molecule has 0 saturated carbocycles. The molecule has 0 saturated heterocycles. The summed E-state index contributed by atoms with van der Waals surface area (Å²) in [7, 11) is 1.56. The van der Waals surface area contributed by atoms with Crippen molar-refractivity contribution in [1.82, 2.24) is 19.7 Å². The zero-order valence-corrected chi connectivity index (χ0v) is 8.77. The summed E-state index contributed by atoms with van der Waals surface area (Å²) < 4.78 is 13.6. The number of aromatic nitrogens is 4. The van der Waals surface area contributed by atoms with E-state index in [4.69, 9.17) is 15.0 Å². The molecule has 2 aromatic heterocycles. The summed E-state index contributed by atoms with van der Waals surface area (Å²) in [5.41, 5.74) is 6.29. The molecule has 0 aliphatic heterocycles. The average Bonchev–Trinajstić information content (AvgIpc) is 2.89. The molecule has 80 valence electrons. The third-order valence-corrected chi connectivity index (χ3v) is 2.20. The Kier molecular flexibility index (Phi) is 2.99. The zero-order chi connectivity index (χ0) is 10.7. The second-order valence-electron chi connectivity index (χ2n) is 2.81. The van der Waals surface area contributed by atoms with Crippen LogP contribution in [0.25, 0.3) is 11.6 Å². The number of nitrogens with zero attached hydrogens (tertiary/aromatic N) is 4. The Balaban J connectivity index is 2.17. The van der Waals surface area contributed by atoms with E-state index in [1.54, 1.807) is 12.5 Å². The normalized spacial score (nSPS) is 12.9. The number of hydrogen-bond acceptors (Lipinski definition) is 8. The van der Waals surface area contributed by atoms with Crippen molar-refractivity contribution in [3.05, 3.63) is 11.2 Å². The van der Waals surface area contributed by atoms with Gasteiger partial charge in [0.1, 0.15) is 0 Å². The van der Waals surface area contributed by atoms with Crippen LogP contribution in [0.1, 0.15) is 11.9 Å². The van der Waals surface area contributed by atoms with Gasteiger partial charge in [-0.2, -0.15) is 4.98 Å². The molecule has 0 amide bonds. The average molecular weight is 227 g/mol. The molecule has 0 spiro atoms. The Bertz CT molecular complexity index is 415. The van der Waals surface area contributed by atoms with Crippen molar-refractivity contribution >= 4 is 11.5 Å². The first-order chi connectivity index (χ1) is 7.31. The molecule has 2 N–H and O–H groups in total. The van der Waals surface area contributed by atoms with Gasteiger partial charge in [0.05, 0.1) is 12.6 Å². The Morgan fingerprint density at radius 1 is 1.67 bits per heavy atom. The molecule has 0 fully saturated rings. The number of rotatable bonds is 4. The van der Waals surface area contributed by atoms with Crippen molar-refractivity contribution in [2.75, 3.05) is 13.7 Å². The maximum Gasteiger partial charge on any atom is 0.279 e. The summed E-state index contributed by atoms with van der Waals surface area (Å²) in [6, 6.07) is -0.390. The van der Waals surface area contributed by atoms with Crippen LogP contribution in [0.15, 0.2) is 9.90 Å². The van der Waals surface area contributed by atoms with E-state index >= 15 is 0 Å². The maximum atomic E-state index is 5.73. The van der Waals surface area contributed by atoms with Gasteiger partial charge in [-0.1, -0.05) is 9.64 Å². The second kappa shape index (κ2) is 4.43. The maximum absolute atomic E-state index is 5.73. The summed E-state index contributed by atoms with van der Waals surface area (Å²) in [5.74, 6) is 0.727. The second-order valence-corrected chi connectivity index (χ2v) is 3.42. The number of nitrogens with two attached hydrogens (primary N) is 1. The van der Waals surface area contributed by atoms with Gasteiger partial charge < -0.3 is 15.0 Å². The van der Waals surface area contributed by atoms with E-state index in [0.717, 1.165) is 0 Å². The minimum absolute atomic E-state index is 0.324. The molecule has 0 aliphatic rings. The Morgan fingerprint density at radius 3 is 3.20 bits per heavy atom. The van der Waals surface area contributed by atoms with Gasteiger partial charge in [-0.15, -0.1) is 5.10 Å². The van der Waals surface area contributed by atoms with Crippen LogP contribution >= 0.6 is 11.5 Å². The lowest BCUT2D eigenvalue weighted by Gasteiger charge is -2.02. The molecule has 1 atom stereocenters. The highest BCUT2D eigenvalue weighted by Crippen LogP contribution is 2.16. The van der Waals surface area contributed by atoms with Gasteiger partial charge in [-0.3, -0.25) is 0 Å². The minimum Gasteiger partial charge on any atom is -0.383 e. The predicted molar refractivity (Wildman–Crippen MR) is 52.0 cm³/mol. The van der Waals surface area contributed by atoms with Crippen LogP contribution in [0.2, 0.25) is 0 Å². The van der Waals surface area contributed by atoms with Gasteiger partial charge in [-0.25, -0.2) is 0 Å². The van der Waals surface area contributed by atoms with Gasteiger partial charge in [0.2, 0.25) is 0 Å². The number of methoxy groups -OCH3 is 1. The molecular weight excluding hydrogens is 218 g/mol. The van der Waals surface area contributed by atoms with E-state index < -0.39 is 0 Å². The van der Waals surface area contributed by atoms with Gasteiger partial charge in [-0.05, 0) is 11.5 Å². The summed E-state index contributed by atoms with van der Waals surface area (Å²) >= 11 is 1.22. The fourth-order valence-corrected chi connectivity index (χ4v) is 1.43. The molecule has 2 heterocycles. The topological polar surface area (TPSA) is 100.0 Å². The fourth-order valence-electron chi connectivity index (χ4n) is 1.00. The van der Waals surface area contributed by atoms with E-state index in [0.29, 0.717) is 24.0 Å². The monoisotopic (exact) mass is 227 g/mol. The van der Waals surface area contributed by atoms with Crippen molar-refractivity contribution in [2.45, 2.75) is 6.04 Å². The number of hydrogen-bond donors (Lipinski definition) is 1. The molecule has 7 nitrogen and oxygen atoms in total. The van der Waals surface area contributed by atoms with Crippen LogP contribution in [0.4, 0.5) is 0 Å². The van der Waals surface area contributed by atoms with Crippen LogP contribution in [0, 0.1) is 0 Å². The predicted octanol–water partition coefficient (Wildman–Crippen LogP) is 0.234. The Labute approximate surface area is 89.4 Å². The first-order valence-electron chi connectivity index (χ1n) is 4.17. The smallest absolute Gasteiger partial charge is 0.279 e. The molecule has 2 aromatic rings. The quantitative estimate of drug-likeness (QED) is 0.798. The van der Waals surface area contributed by atoms with Crippen LogP contribution in [-0.2, 0) is 4.74 Å². The fraction of sp³-hybridized carbons (Fsp3) is 0.429. The van der Waals surface area contributed by atoms with E-state index in [9.17, 15) is 0 Å². The van der Waals surface area contributed by atoms with Crippen molar-refractivity contribution in [2.24, 2.45) is 5.73 Å². The summed E-state index contributed by atoms with van der Waals surface area (Å²) in [6.07, 6.45) is 0. The highest BCUT2D eigenvalue weighted by Gasteiger charge is 2.16. The van der Waals surface area contributed by atoms with Crippen LogP contribution in [0.5, 0.6) is 0 Å². The lowest BCUT2D eigenvalue weighted by atomic mass is 10.3. The highest BCUT2D eigenvalue weighted by atomic mass is 32.1. The SMILES string of the molecule is COCC(N)c1noc(-c2csnn2)n1. The first kappa shape index (κ1) is 10.1. The van der Waals surface area contributed by atoms with E-state index in [1.807, 2.05) is 0 Å². The van der Waals surface area contributed by atoms with Crippen molar-refractivity contribution < 1.29 is 9.26 Å². The lowest BCUT2D eigenvalue weighted by molar-refractivity contribution is 0.177. The zero-order valence-electron chi connectivity index (χ0n) is 7.95. The first-order valence-corrected chi connectivity index (χ1v) is 5.00. The third-order valence-electron chi connectivity index (χ3n) is 1.70. The third kappa shape index (κ3) is 2.17. The van der Waals surface area contributed by atoms with Crippen LogP contribution in [0.3, 0.4) is 0 Å². The van der Waals surface area contributed by atoms with Crippen molar-refractivity contribution in [3.63, 3.8) is 0 Å². The van der Waals surface area contributed by atoms with Gasteiger partial charge in [0.25, 0.3) is 5.89 Å². The molecule has 8 heteroatoms. The van der Waals surface area contributed by atoms with E-state index in [1.165, 1.54) is 11.5 Å². The van der Waals surface area contributed by atoms with E-state index in [2.05, 4.69) is 19.7 Å². The Hall–Kier alpha value is -1.38. The summed E-state index contributed by atoms with van der Waals surface area (Å²) in [5, 5.41) is 9.26. The highest BCUT2D eigenvalue weighted by molar-refractivity contribution is 7.03. The molecule has 1 unspecified atom stereocenters.